The minimum absolute atomic E-state index is 0.0288. The minimum atomic E-state index is -0.834. The molecule has 4 nitrogen and oxygen atoms in total. The molecule has 1 aromatic carbocycles. The predicted octanol–water partition coefficient (Wildman–Crippen LogP) is 2.50. The van der Waals surface area contributed by atoms with E-state index in [4.69, 9.17) is 9.84 Å². The molecule has 0 fully saturated rings. The van der Waals surface area contributed by atoms with E-state index in [-0.39, 0.29) is 18.2 Å². The molecule has 0 spiro atoms. The third-order valence-electron chi connectivity index (χ3n) is 2.36. The zero-order chi connectivity index (χ0) is 12.8. The smallest absolute Gasteiger partial charge is 0.303 e. The first-order valence-corrected chi connectivity index (χ1v) is 5.34. The number of carbonyl (C=O) groups is 1. The summed E-state index contributed by atoms with van der Waals surface area (Å²) in [4.78, 5) is 10.4. The van der Waals surface area contributed by atoms with Crippen molar-refractivity contribution in [2.24, 2.45) is 0 Å². The van der Waals surface area contributed by atoms with E-state index in [0.29, 0.717) is 12.1 Å². The molecule has 1 unspecified atom stereocenters. The zero-order valence-electron chi connectivity index (χ0n) is 9.87. The van der Waals surface area contributed by atoms with Gasteiger partial charge in [0, 0.05) is 24.2 Å². The van der Waals surface area contributed by atoms with Gasteiger partial charge in [0.1, 0.15) is 0 Å². The van der Waals surface area contributed by atoms with Crippen LogP contribution in [0.3, 0.4) is 0 Å². The lowest BCUT2D eigenvalue weighted by molar-refractivity contribution is -0.137. The highest BCUT2D eigenvalue weighted by molar-refractivity contribution is 5.66. The number of nitrogens with one attached hydrogen (secondary N) is 1. The van der Waals surface area contributed by atoms with Crippen LogP contribution in [0.4, 0.5) is 10.1 Å². The molecule has 0 aromatic heterocycles. The largest absolute Gasteiger partial charge is 0.494 e. The van der Waals surface area contributed by atoms with Crippen LogP contribution in [0.15, 0.2) is 18.2 Å². The van der Waals surface area contributed by atoms with Gasteiger partial charge in [-0.25, -0.2) is 4.39 Å². The number of carboxylic acids is 1. The third kappa shape index (κ3) is 4.30. The van der Waals surface area contributed by atoms with Gasteiger partial charge in [0.25, 0.3) is 0 Å². The maximum atomic E-state index is 13.4. The minimum Gasteiger partial charge on any atom is -0.494 e. The Morgan fingerprint density at radius 1 is 1.59 bits per heavy atom. The van der Waals surface area contributed by atoms with Crippen molar-refractivity contribution in [1.29, 1.82) is 0 Å². The zero-order valence-corrected chi connectivity index (χ0v) is 9.87. The Labute approximate surface area is 99.4 Å². The standard InChI is InChI=1S/C12H16FNO3/c1-8(3-6-12(15)16)14-9-4-5-11(17-2)10(13)7-9/h4-5,7-8,14H,3,6H2,1-2H3,(H,15,16). The van der Waals surface area contributed by atoms with Gasteiger partial charge in [-0.3, -0.25) is 4.79 Å². The fourth-order valence-electron chi connectivity index (χ4n) is 1.45. The highest BCUT2D eigenvalue weighted by Gasteiger charge is 2.07. The van der Waals surface area contributed by atoms with Crippen LogP contribution in [0.2, 0.25) is 0 Å². The van der Waals surface area contributed by atoms with Crippen LogP contribution in [0.1, 0.15) is 19.8 Å². The summed E-state index contributed by atoms with van der Waals surface area (Å²) >= 11 is 0. The number of carboxylic acid groups (broad SMARTS) is 1. The van der Waals surface area contributed by atoms with Crippen LogP contribution in [-0.2, 0) is 4.79 Å². The lowest BCUT2D eigenvalue weighted by Gasteiger charge is -2.14. The highest BCUT2D eigenvalue weighted by Crippen LogP contribution is 2.21. The molecule has 17 heavy (non-hydrogen) atoms. The Balaban J connectivity index is 2.56. The molecule has 1 aromatic rings. The van der Waals surface area contributed by atoms with Crippen LogP contribution in [0, 0.1) is 5.82 Å². The van der Waals surface area contributed by atoms with Crippen molar-refractivity contribution >= 4 is 11.7 Å². The summed E-state index contributed by atoms with van der Waals surface area (Å²) in [6.45, 7) is 1.85. The molecule has 0 saturated carbocycles. The summed E-state index contributed by atoms with van der Waals surface area (Å²) in [7, 11) is 1.40. The number of anilines is 1. The molecule has 2 N–H and O–H groups in total. The quantitative estimate of drug-likeness (QED) is 0.803. The van der Waals surface area contributed by atoms with Crippen molar-refractivity contribution in [2.75, 3.05) is 12.4 Å². The van der Waals surface area contributed by atoms with E-state index in [2.05, 4.69) is 5.32 Å². The molecule has 5 heteroatoms. The number of ether oxygens (including phenoxy) is 1. The van der Waals surface area contributed by atoms with Gasteiger partial charge in [-0.05, 0) is 25.5 Å². The van der Waals surface area contributed by atoms with Crippen LogP contribution in [0.5, 0.6) is 5.75 Å². The number of halogens is 1. The van der Waals surface area contributed by atoms with Gasteiger partial charge in [-0.2, -0.15) is 0 Å². The maximum Gasteiger partial charge on any atom is 0.303 e. The Morgan fingerprint density at radius 3 is 2.82 bits per heavy atom. The summed E-state index contributed by atoms with van der Waals surface area (Å²) < 4.78 is 18.2. The van der Waals surface area contributed by atoms with E-state index in [1.54, 1.807) is 6.07 Å². The topological polar surface area (TPSA) is 58.6 Å². The molecular formula is C12H16FNO3. The molecule has 0 aliphatic carbocycles. The fraction of sp³-hybridized carbons (Fsp3) is 0.417. The first kappa shape index (κ1) is 13.3. The van der Waals surface area contributed by atoms with E-state index < -0.39 is 11.8 Å². The van der Waals surface area contributed by atoms with Crippen LogP contribution >= 0.6 is 0 Å². The lowest BCUT2D eigenvalue weighted by Crippen LogP contribution is -2.16. The van der Waals surface area contributed by atoms with Crippen LogP contribution in [0.25, 0.3) is 0 Å². The lowest BCUT2D eigenvalue weighted by atomic mass is 10.1. The molecule has 0 heterocycles. The Kier molecular flexibility index (Phi) is 4.75. The van der Waals surface area contributed by atoms with E-state index in [1.807, 2.05) is 6.92 Å². The molecular weight excluding hydrogens is 225 g/mol. The number of hydrogen-bond acceptors (Lipinski definition) is 3. The first-order chi connectivity index (χ1) is 8.02. The second kappa shape index (κ2) is 6.08. The summed E-state index contributed by atoms with van der Waals surface area (Å²) in [5.41, 5.74) is 0.612. The van der Waals surface area contributed by atoms with E-state index in [0.717, 1.165) is 0 Å². The number of rotatable bonds is 6. The van der Waals surface area contributed by atoms with Crippen molar-refractivity contribution in [1.82, 2.24) is 0 Å². The molecule has 1 atom stereocenters. The number of benzene rings is 1. The van der Waals surface area contributed by atoms with E-state index >= 15 is 0 Å². The average Bonchev–Trinajstić information content (AvgIpc) is 2.26. The molecule has 94 valence electrons. The van der Waals surface area contributed by atoms with Gasteiger partial charge in [0.15, 0.2) is 11.6 Å². The number of hydrogen-bond donors (Lipinski definition) is 2. The fourth-order valence-corrected chi connectivity index (χ4v) is 1.45. The first-order valence-electron chi connectivity index (χ1n) is 5.34. The molecule has 0 aliphatic rings. The van der Waals surface area contributed by atoms with Gasteiger partial charge >= 0.3 is 5.97 Å². The second-order valence-corrected chi connectivity index (χ2v) is 3.83. The van der Waals surface area contributed by atoms with E-state index in [9.17, 15) is 9.18 Å². The van der Waals surface area contributed by atoms with Gasteiger partial charge in [-0.1, -0.05) is 0 Å². The van der Waals surface area contributed by atoms with Crippen molar-refractivity contribution in [3.05, 3.63) is 24.0 Å². The van der Waals surface area contributed by atoms with Gasteiger partial charge in [0.2, 0.25) is 0 Å². The average molecular weight is 241 g/mol. The van der Waals surface area contributed by atoms with E-state index in [1.165, 1.54) is 19.2 Å². The highest BCUT2D eigenvalue weighted by atomic mass is 19.1. The molecule has 0 aliphatic heterocycles. The predicted molar refractivity (Wildman–Crippen MR) is 62.9 cm³/mol. The molecule has 0 saturated heterocycles. The van der Waals surface area contributed by atoms with Crippen molar-refractivity contribution < 1.29 is 19.0 Å². The Bertz CT molecular complexity index is 395. The number of methoxy groups -OCH3 is 1. The molecule has 0 radical (unpaired) electrons. The number of aliphatic carboxylic acids is 1. The molecule has 0 amide bonds. The van der Waals surface area contributed by atoms with Crippen LogP contribution in [-0.4, -0.2) is 24.2 Å². The Morgan fingerprint density at radius 2 is 2.29 bits per heavy atom. The molecule has 1 rings (SSSR count). The van der Waals surface area contributed by atoms with Crippen molar-refractivity contribution in [3.63, 3.8) is 0 Å². The normalized spacial score (nSPS) is 11.9. The van der Waals surface area contributed by atoms with Crippen molar-refractivity contribution in [2.45, 2.75) is 25.8 Å². The maximum absolute atomic E-state index is 13.4. The van der Waals surface area contributed by atoms with Crippen LogP contribution < -0.4 is 10.1 Å². The summed E-state index contributed by atoms with van der Waals surface area (Å²) in [6, 6.07) is 4.52. The summed E-state index contributed by atoms with van der Waals surface area (Å²) in [6.07, 6.45) is 0.579. The summed E-state index contributed by atoms with van der Waals surface area (Å²) in [5.74, 6) is -1.09. The van der Waals surface area contributed by atoms with Crippen molar-refractivity contribution in [3.8, 4) is 5.75 Å². The van der Waals surface area contributed by atoms with Gasteiger partial charge in [-0.15, -0.1) is 0 Å². The SMILES string of the molecule is COc1ccc(NC(C)CCC(=O)O)cc1F. The monoisotopic (exact) mass is 241 g/mol. The van der Waals surface area contributed by atoms with Gasteiger partial charge < -0.3 is 15.2 Å². The summed E-state index contributed by atoms with van der Waals surface area (Å²) in [5, 5.41) is 11.6. The van der Waals surface area contributed by atoms with Gasteiger partial charge in [0.05, 0.1) is 7.11 Å². The molecule has 0 bridgehead atoms. The third-order valence-corrected chi connectivity index (χ3v) is 2.36. The second-order valence-electron chi connectivity index (χ2n) is 3.83. The Hall–Kier alpha value is -1.78.